The summed E-state index contributed by atoms with van der Waals surface area (Å²) in [5.41, 5.74) is 39.6. The van der Waals surface area contributed by atoms with Crippen LogP contribution in [0.5, 0.6) is 0 Å². The Bertz CT molecular complexity index is 4360. The summed E-state index contributed by atoms with van der Waals surface area (Å²) < 4.78 is 1.73. The molecular weight excluding hydrogens is 1300 g/mol. The molecule has 16 bridgehead atoms. The van der Waals surface area contributed by atoms with Crippen LogP contribution >= 0.6 is 45.2 Å². The van der Waals surface area contributed by atoms with Gasteiger partial charge in [-0.1, -0.05) is 134 Å². The van der Waals surface area contributed by atoms with Gasteiger partial charge in [0.15, 0.2) is 0 Å². The van der Waals surface area contributed by atoms with E-state index >= 15 is 0 Å². The summed E-state index contributed by atoms with van der Waals surface area (Å²) in [7, 11) is 0. The van der Waals surface area contributed by atoms with Gasteiger partial charge in [-0.25, -0.2) is 19.9 Å². The van der Waals surface area contributed by atoms with Gasteiger partial charge in [-0.15, -0.1) is 0 Å². The highest BCUT2D eigenvalue weighted by atomic mass is 127. The van der Waals surface area contributed by atoms with E-state index in [1.165, 1.54) is 100 Å². The molecule has 10 rings (SSSR count). The lowest BCUT2D eigenvalue weighted by atomic mass is 9.94. The van der Waals surface area contributed by atoms with Crippen molar-refractivity contribution in [3.05, 3.63) is 145 Å². The Balaban J connectivity index is 1.30. The van der Waals surface area contributed by atoms with Gasteiger partial charge in [0, 0.05) is 38.6 Å². The van der Waals surface area contributed by atoms with E-state index in [4.69, 9.17) is 19.9 Å². The number of fused-ring (bicyclic) bond motifs is 16. The lowest BCUT2D eigenvalue weighted by molar-refractivity contribution is 1.07. The third-order valence-corrected chi connectivity index (χ3v) is 21.6. The Hall–Kier alpha value is -6.48. The van der Waals surface area contributed by atoms with Gasteiger partial charge in [-0.05, 0) is 273 Å². The summed E-state index contributed by atoms with van der Waals surface area (Å²) in [4.78, 5) is 38.5. The molecule has 0 atom stereocenters. The molecule has 0 saturated heterocycles. The van der Waals surface area contributed by atoms with Gasteiger partial charge >= 0.3 is 0 Å². The van der Waals surface area contributed by atoms with E-state index in [1.807, 2.05) is 0 Å². The molecule has 10 heterocycles. The summed E-state index contributed by atoms with van der Waals surface area (Å²) >= 11 is 4.87. The number of aryl methyl sites for hydroxylation is 8. The lowest BCUT2D eigenvalue weighted by Gasteiger charge is -2.08. The molecule has 456 valence electrons. The SMILES string of the molecule is CCC1=C(CC)c2cc3[nH]c(c(C#C/C(I)=C(\I)C#Cc4c5nc(cc6[nH]c(cc7[nH]c(cc8nc4C(CC)=C8CC)c(CC)c7CC)c(CC)c6CC)C(CC)=C5CC)c4nc(cc5[nH]c(cc1n2)c(CC)c5CC)C(CC)=C4CC)c(CC)c3CC. The van der Waals surface area contributed by atoms with Gasteiger partial charge in [0.1, 0.15) is 0 Å². The summed E-state index contributed by atoms with van der Waals surface area (Å²) in [5, 5.41) is 0. The Kier molecular flexibility index (Phi) is 20.3. The van der Waals surface area contributed by atoms with E-state index in [2.05, 4.69) is 236 Å². The van der Waals surface area contributed by atoms with Crippen molar-refractivity contribution in [3.8, 4) is 23.7 Å². The standard InChI is InChI=1S/C78H90I2N8/c1-17-43-47(21-5)67-39-71-51(25-9)55(29-13)75(85-71)59(76-56(30-14)52(26-10)72(86-76)40-68-48(22-6)44(18-2)64(82-68)37-63(43)81-67)33-35-61(79)62(80)36-34-60-77-57(31-15)53(27-11)73(87-77)41-69-49(23-7)45(19-3)65(83-69)38-66-46(20-4)50(24-8)70(84-66)42-74-54(28-12)58(32-16)78(60)88-74/h37-42,81-83,88H,17-32H2,1-16H3/b62-61+,63-37?,64-37?,65-38?,66-38?,67-39?,68-40?,69-41?,70-42?,71-39?,72-40?,73-41?,74-42?,75-59?,76-59?,77-60?,78-60?. The number of hydrogen-bond acceptors (Lipinski definition) is 4. The third-order valence-electron chi connectivity index (χ3n) is 19.0. The van der Waals surface area contributed by atoms with Crippen molar-refractivity contribution in [2.24, 2.45) is 0 Å². The number of aromatic nitrogens is 8. The first-order chi connectivity index (χ1) is 42.7. The number of allylic oxidation sites excluding steroid dienone is 10. The number of rotatable bonds is 16. The van der Waals surface area contributed by atoms with Crippen LogP contribution in [-0.4, -0.2) is 39.9 Å². The number of nitrogens with one attached hydrogen (secondary N) is 4. The van der Waals surface area contributed by atoms with Crippen molar-refractivity contribution in [2.75, 3.05) is 0 Å². The molecule has 0 amide bonds. The van der Waals surface area contributed by atoms with E-state index in [0.717, 1.165) is 200 Å². The van der Waals surface area contributed by atoms with E-state index in [9.17, 15) is 0 Å². The van der Waals surface area contributed by atoms with E-state index in [-0.39, 0.29) is 0 Å². The van der Waals surface area contributed by atoms with Crippen LogP contribution in [0.2, 0.25) is 0 Å². The Labute approximate surface area is 551 Å². The van der Waals surface area contributed by atoms with Crippen LogP contribution in [0, 0.1) is 23.7 Å². The molecule has 0 aliphatic carbocycles. The number of aromatic amines is 4. The Morgan fingerprint density at radius 3 is 0.818 bits per heavy atom. The molecule has 4 N–H and O–H groups in total. The first-order valence-electron chi connectivity index (χ1n) is 33.4. The maximum absolute atomic E-state index is 5.72. The first kappa shape index (κ1) is 64.5. The minimum absolute atomic E-state index is 0.816. The van der Waals surface area contributed by atoms with E-state index < -0.39 is 0 Å². The van der Waals surface area contributed by atoms with Crippen molar-refractivity contribution in [2.45, 2.75) is 214 Å². The fourth-order valence-electron chi connectivity index (χ4n) is 15.0. The van der Waals surface area contributed by atoms with Crippen molar-refractivity contribution in [3.63, 3.8) is 0 Å². The molecule has 8 nitrogen and oxygen atoms in total. The van der Waals surface area contributed by atoms with Crippen molar-refractivity contribution in [1.82, 2.24) is 39.9 Å². The predicted octanol–water partition coefficient (Wildman–Crippen LogP) is 21.9. The zero-order valence-electron chi connectivity index (χ0n) is 55.3. The third kappa shape index (κ3) is 11.4. The molecule has 0 fully saturated rings. The van der Waals surface area contributed by atoms with Crippen molar-refractivity contribution in [1.29, 1.82) is 0 Å². The average Bonchev–Trinajstić information content (AvgIpc) is 2.10. The second-order valence-electron chi connectivity index (χ2n) is 23.2. The van der Waals surface area contributed by atoms with Gasteiger partial charge in [0.2, 0.25) is 0 Å². The average molecular weight is 1390 g/mol. The molecule has 0 unspecified atom stereocenters. The maximum atomic E-state index is 5.72. The van der Waals surface area contributed by atoms with Crippen LogP contribution in [-0.2, 0) is 51.4 Å². The van der Waals surface area contributed by atoms with E-state index in [1.54, 1.807) is 0 Å². The molecule has 88 heavy (non-hydrogen) atoms. The lowest BCUT2D eigenvalue weighted by Crippen LogP contribution is -1.95. The normalized spacial score (nSPS) is 13.7. The molecule has 0 saturated carbocycles. The number of nitrogens with zero attached hydrogens (tertiary/aromatic N) is 4. The summed E-state index contributed by atoms with van der Waals surface area (Å²) in [6.07, 6.45) is 14.0. The molecule has 6 aromatic rings. The number of H-pyrrole nitrogens is 4. The van der Waals surface area contributed by atoms with Gasteiger partial charge in [0.05, 0.1) is 69.4 Å². The molecule has 4 aliphatic heterocycles. The molecule has 10 heteroatoms. The summed E-state index contributed by atoms with van der Waals surface area (Å²) in [6, 6.07) is 14.0. The minimum Gasteiger partial charge on any atom is -0.355 e. The minimum atomic E-state index is 0.816. The van der Waals surface area contributed by atoms with Gasteiger partial charge in [-0.3, -0.25) is 0 Å². The molecule has 0 spiro atoms. The first-order valence-corrected chi connectivity index (χ1v) is 35.5. The smallest absolute Gasteiger partial charge is 0.0851 e. The molecule has 4 aliphatic rings. The van der Waals surface area contributed by atoms with Gasteiger partial charge in [0.25, 0.3) is 0 Å². The monoisotopic (exact) mass is 1390 g/mol. The van der Waals surface area contributed by atoms with Crippen LogP contribution in [0.3, 0.4) is 0 Å². The summed E-state index contributed by atoms with van der Waals surface area (Å²) in [5.74, 6) is 15.2. The fraction of sp³-hybridized carbons (Fsp3) is 0.410. The number of hydrogen-bond donors (Lipinski definition) is 4. The topological polar surface area (TPSA) is 115 Å². The second kappa shape index (κ2) is 27.7. The molecule has 0 radical (unpaired) electrons. The fourth-order valence-corrected chi connectivity index (χ4v) is 15.5. The zero-order chi connectivity index (χ0) is 62.8. The Morgan fingerprint density at radius 2 is 0.523 bits per heavy atom. The molecule has 6 aromatic heterocycles. The highest BCUT2D eigenvalue weighted by Crippen LogP contribution is 2.44. The molecule has 0 aromatic carbocycles. The number of halogens is 2. The van der Waals surface area contributed by atoms with Crippen LogP contribution in [0.1, 0.15) is 263 Å². The highest BCUT2D eigenvalue weighted by molar-refractivity contribution is 14.1. The summed E-state index contributed by atoms with van der Waals surface area (Å²) in [6.45, 7) is 36.4. The van der Waals surface area contributed by atoms with Gasteiger partial charge < -0.3 is 19.9 Å². The van der Waals surface area contributed by atoms with Crippen LogP contribution < -0.4 is 0 Å². The Morgan fingerprint density at radius 1 is 0.284 bits per heavy atom. The molecular formula is C78H90I2N8. The predicted molar refractivity (Wildman–Crippen MR) is 395 cm³/mol. The van der Waals surface area contributed by atoms with Gasteiger partial charge in [-0.2, -0.15) is 0 Å². The second-order valence-corrected chi connectivity index (χ2v) is 25.4. The van der Waals surface area contributed by atoms with Crippen LogP contribution in [0.25, 0.3) is 88.7 Å². The highest BCUT2D eigenvalue weighted by Gasteiger charge is 2.29. The quantitative estimate of drug-likeness (QED) is 0.0571. The largest absolute Gasteiger partial charge is 0.355 e. The van der Waals surface area contributed by atoms with Crippen LogP contribution in [0.15, 0.2) is 43.6 Å². The van der Waals surface area contributed by atoms with Crippen molar-refractivity contribution >= 4 is 134 Å². The van der Waals surface area contributed by atoms with Crippen LogP contribution in [0.4, 0.5) is 0 Å². The maximum Gasteiger partial charge on any atom is 0.0851 e. The zero-order valence-corrected chi connectivity index (χ0v) is 59.6. The van der Waals surface area contributed by atoms with Crippen molar-refractivity contribution < 1.29 is 0 Å². The van der Waals surface area contributed by atoms with E-state index in [0.29, 0.717) is 0 Å².